The molecule has 2 aromatic rings. The molecule has 3 heteroatoms. The van der Waals surface area contributed by atoms with Crippen molar-refractivity contribution in [2.24, 2.45) is 0 Å². The molecule has 0 saturated carbocycles. The van der Waals surface area contributed by atoms with Gasteiger partial charge < -0.3 is 9.64 Å². The minimum absolute atomic E-state index is 0.122. The van der Waals surface area contributed by atoms with E-state index in [9.17, 15) is 4.79 Å². The highest BCUT2D eigenvalue weighted by Gasteiger charge is 2.29. The fraction of sp³-hybridized carbons (Fsp3) is 0.278. The van der Waals surface area contributed by atoms with Crippen molar-refractivity contribution in [1.29, 1.82) is 0 Å². The van der Waals surface area contributed by atoms with Crippen LogP contribution in [0.15, 0.2) is 48.5 Å². The SMILES string of the molecule is COc1ccccc1CC(=O)N1CC(C)c2ccccc21. The lowest BCUT2D eigenvalue weighted by atomic mass is 10.0. The Morgan fingerprint density at radius 3 is 2.71 bits per heavy atom. The van der Waals surface area contributed by atoms with Gasteiger partial charge in [-0.25, -0.2) is 0 Å². The predicted octanol–water partition coefficient (Wildman–Crippen LogP) is 3.39. The van der Waals surface area contributed by atoms with E-state index in [0.29, 0.717) is 12.3 Å². The zero-order chi connectivity index (χ0) is 14.8. The number of fused-ring (bicyclic) bond motifs is 1. The molecule has 0 fully saturated rings. The lowest BCUT2D eigenvalue weighted by molar-refractivity contribution is -0.117. The topological polar surface area (TPSA) is 29.5 Å². The first-order valence-electron chi connectivity index (χ1n) is 7.22. The second-order valence-electron chi connectivity index (χ2n) is 5.45. The third-order valence-corrected chi connectivity index (χ3v) is 4.05. The second kappa shape index (κ2) is 5.60. The molecule has 0 bridgehead atoms. The predicted molar refractivity (Wildman–Crippen MR) is 83.9 cm³/mol. The number of para-hydroxylation sites is 2. The van der Waals surface area contributed by atoms with Crippen LogP contribution in [0.25, 0.3) is 0 Å². The molecule has 0 spiro atoms. The highest BCUT2D eigenvalue weighted by atomic mass is 16.5. The maximum Gasteiger partial charge on any atom is 0.231 e. The molecular formula is C18H19NO2. The Kier molecular flexibility index (Phi) is 3.65. The average molecular weight is 281 g/mol. The molecule has 1 atom stereocenters. The number of carbonyl (C=O) groups excluding carboxylic acids is 1. The first-order valence-corrected chi connectivity index (χ1v) is 7.22. The molecule has 0 aliphatic carbocycles. The third-order valence-electron chi connectivity index (χ3n) is 4.05. The number of anilines is 1. The molecule has 3 nitrogen and oxygen atoms in total. The number of hydrogen-bond acceptors (Lipinski definition) is 2. The van der Waals surface area contributed by atoms with E-state index in [2.05, 4.69) is 13.0 Å². The van der Waals surface area contributed by atoms with Crippen LogP contribution in [0.3, 0.4) is 0 Å². The number of rotatable bonds is 3. The summed E-state index contributed by atoms with van der Waals surface area (Å²) in [5.41, 5.74) is 3.23. The Balaban J connectivity index is 1.84. The van der Waals surface area contributed by atoms with Gasteiger partial charge in [-0.15, -0.1) is 0 Å². The fourth-order valence-corrected chi connectivity index (χ4v) is 2.96. The summed E-state index contributed by atoms with van der Waals surface area (Å²) in [7, 11) is 1.64. The summed E-state index contributed by atoms with van der Waals surface area (Å²) >= 11 is 0. The molecule has 2 aromatic carbocycles. The van der Waals surface area contributed by atoms with Gasteiger partial charge in [0.15, 0.2) is 0 Å². The van der Waals surface area contributed by atoms with Crippen LogP contribution >= 0.6 is 0 Å². The number of ether oxygens (including phenoxy) is 1. The van der Waals surface area contributed by atoms with E-state index in [0.717, 1.165) is 23.5 Å². The quantitative estimate of drug-likeness (QED) is 0.863. The minimum Gasteiger partial charge on any atom is -0.496 e. The van der Waals surface area contributed by atoms with Crippen LogP contribution in [-0.2, 0) is 11.2 Å². The highest BCUT2D eigenvalue weighted by Crippen LogP contribution is 2.36. The Morgan fingerprint density at radius 2 is 1.90 bits per heavy atom. The Morgan fingerprint density at radius 1 is 1.19 bits per heavy atom. The first-order chi connectivity index (χ1) is 10.2. The van der Waals surface area contributed by atoms with Gasteiger partial charge in [0.25, 0.3) is 0 Å². The fourth-order valence-electron chi connectivity index (χ4n) is 2.96. The average Bonchev–Trinajstić information content (AvgIpc) is 2.86. The van der Waals surface area contributed by atoms with E-state index in [1.54, 1.807) is 7.11 Å². The molecule has 1 aliphatic rings. The monoisotopic (exact) mass is 281 g/mol. The summed E-state index contributed by atoms with van der Waals surface area (Å²) in [6, 6.07) is 15.8. The maximum atomic E-state index is 12.7. The van der Waals surface area contributed by atoms with Crippen LogP contribution in [-0.4, -0.2) is 19.6 Å². The molecule has 108 valence electrons. The van der Waals surface area contributed by atoms with Crippen molar-refractivity contribution in [2.45, 2.75) is 19.3 Å². The van der Waals surface area contributed by atoms with Crippen molar-refractivity contribution in [2.75, 3.05) is 18.6 Å². The number of hydrogen-bond donors (Lipinski definition) is 0. The standard InChI is InChI=1S/C18H19NO2/c1-13-12-19(16-9-5-4-8-15(13)16)18(20)11-14-7-3-6-10-17(14)21-2/h3-10,13H,11-12H2,1-2H3. The molecular weight excluding hydrogens is 262 g/mol. The molecule has 0 N–H and O–H groups in total. The van der Waals surface area contributed by atoms with Crippen molar-refractivity contribution in [1.82, 2.24) is 0 Å². The summed E-state index contributed by atoms with van der Waals surface area (Å²) in [5.74, 6) is 1.28. The van der Waals surface area contributed by atoms with Gasteiger partial charge in [0.1, 0.15) is 5.75 Å². The molecule has 1 amide bonds. The van der Waals surface area contributed by atoms with Gasteiger partial charge >= 0.3 is 0 Å². The van der Waals surface area contributed by atoms with Crippen molar-refractivity contribution in [3.63, 3.8) is 0 Å². The van der Waals surface area contributed by atoms with Crippen LogP contribution in [0.4, 0.5) is 5.69 Å². The summed E-state index contributed by atoms with van der Waals surface area (Å²) < 4.78 is 5.33. The molecule has 1 unspecified atom stereocenters. The smallest absolute Gasteiger partial charge is 0.231 e. The zero-order valence-corrected chi connectivity index (χ0v) is 12.4. The normalized spacial score (nSPS) is 16.7. The second-order valence-corrected chi connectivity index (χ2v) is 5.45. The highest BCUT2D eigenvalue weighted by molar-refractivity contribution is 5.97. The lowest BCUT2D eigenvalue weighted by Gasteiger charge is -2.18. The third kappa shape index (κ3) is 2.51. The molecule has 1 aliphatic heterocycles. The summed E-state index contributed by atoms with van der Waals surface area (Å²) in [6.45, 7) is 2.92. The number of amides is 1. The number of benzene rings is 2. The van der Waals surface area contributed by atoms with E-state index >= 15 is 0 Å². The van der Waals surface area contributed by atoms with E-state index in [1.165, 1.54) is 5.56 Å². The van der Waals surface area contributed by atoms with Gasteiger partial charge in [0.2, 0.25) is 5.91 Å². The van der Waals surface area contributed by atoms with Crippen molar-refractivity contribution in [3.05, 3.63) is 59.7 Å². The lowest BCUT2D eigenvalue weighted by Crippen LogP contribution is -2.31. The Bertz CT molecular complexity index is 666. The van der Waals surface area contributed by atoms with Crippen LogP contribution in [0.5, 0.6) is 5.75 Å². The van der Waals surface area contributed by atoms with Crippen molar-refractivity contribution < 1.29 is 9.53 Å². The van der Waals surface area contributed by atoms with Gasteiger partial charge in [0.05, 0.1) is 13.5 Å². The number of nitrogens with zero attached hydrogens (tertiary/aromatic N) is 1. The van der Waals surface area contributed by atoms with E-state index in [1.807, 2.05) is 47.4 Å². The van der Waals surface area contributed by atoms with E-state index in [4.69, 9.17) is 4.74 Å². The van der Waals surface area contributed by atoms with E-state index < -0.39 is 0 Å². The van der Waals surface area contributed by atoms with Crippen LogP contribution in [0.1, 0.15) is 24.0 Å². The molecule has 1 heterocycles. The van der Waals surface area contributed by atoms with Crippen molar-refractivity contribution >= 4 is 11.6 Å². The summed E-state index contributed by atoms with van der Waals surface area (Å²) in [6.07, 6.45) is 0.366. The number of carbonyl (C=O) groups is 1. The molecule has 3 rings (SSSR count). The van der Waals surface area contributed by atoms with Crippen LogP contribution in [0.2, 0.25) is 0 Å². The van der Waals surface area contributed by atoms with Gasteiger partial charge in [-0.1, -0.05) is 43.3 Å². The summed E-state index contributed by atoms with van der Waals surface area (Å²) in [4.78, 5) is 14.6. The van der Waals surface area contributed by atoms with Gasteiger partial charge in [-0.05, 0) is 17.7 Å². The molecule has 21 heavy (non-hydrogen) atoms. The Hall–Kier alpha value is -2.29. The van der Waals surface area contributed by atoms with Crippen LogP contribution < -0.4 is 9.64 Å². The largest absolute Gasteiger partial charge is 0.496 e. The van der Waals surface area contributed by atoms with Crippen LogP contribution in [0, 0.1) is 0 Å². The van der Waals surface area contributed by atoms with Gasteiger partial charge in [-0.2, -0.15) is 0 Å². The van der Waals surface area contributed by atoms with Gasteiger partial charge in [-0.3, -0.25) is 4.79 Å². The minimum atomic E-state index is 0.122. The Labute approximate surface area is 125 Å². The molecule has 0 saturated heterocycles. The van der Waals surface area contributed by atoms with E-state index in [-0.39, 0.29) is 5.91 Å². The number of methoxy groups -OCH3 is 1. The first kappa shape index (κ1) is 13.7. The van der Waals surface area contributed by atoms with Gasteiger partial charge in [0, 0.05) is 23.7 Å². The maximum absolute atomic E-state index is 12.7. The summed E-state index contributed by atoms with van der Waals surface area (Å²) in [5, 5.41) is 0. The molecule has 0 aromatic heterocycles. The zero-order valence-electron chi connectivity index (χ0n) is 12.4. The van der Waals surface area contributed by atoms with Crippen molar-refractivity contribution in [3.8, 4) is 5.75 Å². The molecule has 0 radical (unpaired) electrons.